The van der Waals surface area contributed by atoms with Gasteiger partial charge in [-0.1, -0.05) is 42.5 Å². The van der Waals surface area contributed by atoms with Crippen LogP contribution < -0.4 is 5.73 Å². The van der Waals surface area contributed by atoms with Crippen molar-refractivity contribution < 1.29 is 4.79 Å². The molecule has 5 heteroatoms. The number of carbonyl (C=O) groups excluding carboxylic acids is 1. The van der Waals surface area contributed by atoms with E-state index in [1.54, 1.807) is 6.33 Å². The van der Waals surface area contributed by atoms with Crippen LogP contribution in [0.1, 0.15) is 30.0 Å². The van der Waals surface area contributed by atoms with Crippen LogP contribution in [0, 0.1) is 0 Å². The van der Waals surface area contributed by atoms with Gasteiger partial charge in [-0.3, -0.25) is 4.79 Å². The van der Waals surface area contributed by atoms with Crippen molar-refractivity contribution in [1.29, 1.82) is 0 Å². The Morgan fingerprint density at radius 1 is 1.33 bits per heavy atom. The van der Waals surface area contributed by atoms with Gasteiger partial charge in [-0.05, 0) is 12.0 Å². The van der Waals surface area contributed by atoms with E-state index >= 15 is 0 Å². The summed E-state index contributed by atoms with van der Waals surface area (Å²) in [4.78, 5) is 18.7. The molecule has 1 aromatic heterocycles. The molecule has 1 fully saturated rings. The SMILES string of the molecule is Cn1cnc([C@@H]2CN(C(=O)CC/C=C/c3ccccc3)C[C@H]2N)c1. The van der Waals surface area contributed by atoms with Crippen molar-refractivity contribution >= 4 is 12.0 Å². The molecule has 1 aromatic carbocycles. The van der Waals surface area contributed by atoms with Crippen LogP contribution in [-0.2, 0) is 11.8 Å². The molecule has 1 saturated heterocycles. The molecule has 126 valence electrons. The summed E-state index contributed by atoms with van der Waals surface area (Å²) in [6.07, 6.45) is 9.14. The van der Waals surface area contributed by atoms with Crippen LogP contribution in [0.5, 0.6) is 0 Å². The minimum Gasteiger partial charge on any atom is -0.340 e. The molecule has 0 radical (unpaired) electrons. The summed E-state index contributed by atoms with van der Waals surface area (Å²) in [5.41, 5.74) is 8.35. The van der Waals surface area contributed by atoms with Crippen LogP contribution in [-0.4, -0.2) is 39.5 Å². The predicted octanol–water partition coefficient (Wildman–Crippen LogP) is 2.17. The highest BCUT2D eigenvalue weighted by atomic mass is 16.2. The molecular weight excluding hydrogens is 300 g/mol. The summed E-state index contributed by atoms with van der Waals surface area (Å²) >= 11 is 0. The predicted molar refractivity (Wildman–Crippen MR) is 95.2 cm³/mol. The number of allylic oxidation sites excluding steroid dienone is 1. The molecule has 2 heterocycles. The van der Waals surface area contributed by atoms with Gasteiger partial charge < -0.3 is 15.2 Å². The number of likely N-dealkylation sites (tertiary alicyclic amines) is 1. The van der Waals surface area contributed by atoms with Gasteiger partial charge in [0.15, 0.2) is 0 Å². The van der Waals surface area contributed by atoms with Crippen LogP contribution in [0.2, 0.25) is 0 Å². The number of amides is 1. The van der Waals surface area contributed by atoms with Crippen LogP contribution in [0.4, 0.5) is 0 Å². The molecule has 5 nitrogen and oxygen atoms in total. The van der Waals surface area contributed by atoms with Crippen molar-refractivity contribution in [3.63, 3.8) is 0 Å². The number of nitrogens with two attached hydrogens (primary N) is 1. The lowest BCUT2D eigenvalue weighted by molar-refractivity contribution is -0.130. The number of carbonyl (C=O) groups is 1. The second kappa shape index (κ2) is 7.45. The molecule has 1 aliphatic rings. The van der Waals surface area contributed by atoms with Crippen molar-refractivity contribution in [2.24, 2.45) is 12.8 Å². The molecule has 24 heavy (non-hydrogen) atoms. The molecule has 2 N–H and O–H groups in total. The number of aryl methyl sites for hydroxylation is 1. The maximum Gasteiger partial charge on any atom is 0.222 e. The van der Waals surface area contributed by atoms with Gasteiger partial charge in [0.1, 0.15) is 0 Å². The standard InChI is InChI=1S/C19H24N4O/c1-22-13-18(21-14-22)16-11-23(12-17(16)20)19(24)10-6-5-9-15-7-3-2-4-8-15/h2-5,7-9,13-14,16-17H,6,10-12,20H2,1H3/b9-5+/t16-,17-/m1/s1. The fourth-order valence-corrected chi connectivity index (χ4v) is 3.12. The minimum absolute atomic E-state index is 0.0382. The second-order valence-corrected chi connectivity index (χ2v) is 6.38. The highest BCUT2D eigenvalue weighted by Gasteiger charge is 2.34. The van der Waals surface area contributed by atoms with Crippen molar-refractivity contribution in [2.75, 3.05) is 13.1 Å². The van der Waals surface area contributed by atoms with E-state index in [4.69, 9.17) is 5.73 Å². The Morgan fingerprint density at radius 2 is 2.12 bits per heavy atom. The quantitative estimate of drug-likeness (QED) is 0.917. The van der Waals surface area contributed by atoms with Crippen molar-refractivity contribution in [2.45, 2.75) is 24.8 Å². The Hall–Kier alpha value is -2.40. The third-order valence-electron chi connectivity index (χ3n) is 4.46. The lowest BCUT2D eigenvalue weighted by Gasteiger charge is -2.15. The monoisotopic (exact) mass is 324 g/mol. The van der Waals surface area contributed by atoms with Gasteiger partial charge in [-0.15, -0.1) is 0 Å². The third kappa shape index (κ3) is 3.92. The Bertz CT molecular complexity index is 707. The summed E-state index contributed by atoms with van der Waals surface area (Å²) < 4.78 is 1.92. The largest absolute Gasteiger partial charge is 0.340 e. The number of hydrogen-bond acceptors (Lipinski definition) is 3. The zero-order chi connectivity index (χ0) is 16.9. The van der Waals surface area contributed by atoms with Gasteiger partial charge in [0, 0.05) is 44.7 Å². The average molecular weight is 324 g/mol. The first-order valence-corrected chi connectivity index (χ1v) is 8.36. The molecule has 0 saturated carbocycles. The van der Waals surface area contributed by atoms with Gasteiger partial charge in [0.05, 0.1) is 12.0 Å². The molecule has 2 aromatic rings. The smallest absolute Gasteiger partial charge is 0.222 e. The van der Waals surface area contributed by atoms with E-state index in [1.165, 1.54) is 0 Å². The molecule has 0 aliphatic carbocycles. The number of benzene rings is 1. The highest BCUT2D eigenvalue weighted by molar-refractivity contribution is 5.77. The van der Waals surface area contributed by atoms with E-state index in [1.807, 2.05) is 40.9 Å². The Balaban J connectivity index is 1.50. The summed E-state index contributed by atoms with van der Waals surface area (Å²) in [6, 6.07) is 10.1. The molecule has 1 aliphatic heterocycles. The number of imidazole rings is 1. The van der Waals surface area contributed by atoms with Crippen LogP contribution in [0.15, 0.2) is 48.9 Å². The highest BCUT2D eigenvalue weighted by Crippen LogP contribution is 2.25. The molecule has 1 amide bonds. The molecule has 0 bridgehead atoms. The lowest BCUT2D eigenvalue weighted by atomic mass is 10.0. The Morgan fingerprint density at radius 3 is 2.83 bits per heavy atom. The number of aromatic nitrogens is 2. The van der Waals surface area contributed by atoms with Gasteiger partial charge in [0.2, 0.25) is 5.91 Å². The first-order valence-electron chi connectivity index (χ1n) is 8.36. The number of hydrogen-bond donors (Lipinski definition) is 1. The van der Waals surface area contributed by atoms with Gasteiger partial charge in [-0.2, -0.15) is 0 Å². The van der Waals surface area contributed by atoms with E-state index < -0.39 is 0 Å². The zero-order valence-corrected chi connectivity index (χ0v) is 14.0. The summed E-state index contributed by atoms with van der Waals surface area (Å²) in [7, 11) is 1.94. The first-order chi connectivity index (χ1) is 11.6. The zero-order valence-electron chi connectivity index (χ0n) is 14.0. The maximum absolute atomic E-state index is 12.4. The van der Waals surface area contributed by atoms with E-state index in [9.17, 15) is 4.79 Å². The second-order valence-electron chi connectivity index (χ2n) is 6.38. The Labute approximate surface area is 142 Å². The fraction of sp³-hybridized carbons (Fsp3) is 0.368. The van der Waals surface area contributed by atoms with E-state index in [2.05, 4.69) is 29.3 Å². The van der Waals surface area contributed by atoms with Gasteiger partial charge in [-0.25, -0.2) is 4.98 Å². The molecule has 0 spiro atoms. The van der Waals surface area contributed by atoms with Crippen LogP contribution in [0.3, 0.4) is 0 Å². The van der Waals surface area contributed by atoms with Crippen molar-refractivity contribution in [1.82, 2.24) is 14.5 Å². The molecule has 0 unspecified atom stereocenters. The average Bonchev–Trinajstić information content (AvgIpc) is 3.18. The van der Waals surface area contributed by atoms with Crippen molar-refractivity contribution in [3.05, 3.63) is 60.2 Å². The molecule has 2 atom stereocenters. The van der Waals surface area contributed by atoms with Gasteiger partial charge in [0.25, 0.3) is 0 Å². The summed E-state index contributed by atoms with van der Waals surface area (Å²) in [6.45, 7) is 1.28. The lowest BCUT2D eigenvalue weighted by Crippen LogP contribution is -2.32. The number of rotatable bonds is 5. The topological polar surface area (TPSA) is 64.2 Å². The summed E-state index contributed by atoms with van der Waals surface area (Å²) in [5, 5.41) is 0. The van der Waals surface area contributed by atoms with Crippen LogP contribution in [0.25, 0.3) is 6.08 Å². The van der Waals surface area contributed by atoms with Crippen LogP contribution >= 0.6 is 0 Å². The van der Waals surface area contributed by atoms with Crippen molar-refractivity contribution in [3.8, 4) is 0 Å². The van der Waals surface area contributed by atoms with Gasteiger partial charge >= 0.3 is 0 Å². The van der Waals surface area contributed by atoms with E-state index in [0.29, 0.717) is 19.5 Å². The molecule has 3 rings (SSSR count). The fourth-order valence-electron chi connectivity index (χ4n) is 3.12. The van der Waals surface area contributed by atoms with E-state index in [-0.39, 0.29) is 17.9 Å². The molecular formula is C19H24N4O. The normalized spacial score (nSPS) is 20.8. The maximum atomic E-state index is 12.4. The minimum atomic E-state index is -0.0382. The number of nitrogens with zero attached hydrogens (tertiary/aromatic N) is 3. The Kier molecular flexibility index (Phi) is 5.11. The van der Waals surface area contributed by atoms with E-state index in [0.717, 1.165) is 17.7 Å². The first kappa shape index (κ1) is 16.5. The third-order valence-corrected chi connectivity index (χ3v) is 4.46. The summed E-state index contributed by atoms with van der Waals surface area (Å²) in [5.74, 6) is 0.302.